The van der Waals surface area contributed by atoms with Crippen LogP contribution < -0.4 is 9.88 Å². The van der Waals surface area contributed by atoms with Gasteiger partial charge in [0.25, 0.3) is 5.69 Å². The molecule has 148 valence electrons. The number of benzene rings is 1. The monoisotopic (exact) mass is 409 g/mol. The Balaban J connectivity index is 1.90. The highest BCUT2D eigenvalue weighted by atomic mass is 32.1. The lowest BCUT2D eigenvalue weighted by atomic mass is 9.76. The fraction of sp³-hybridized carbons (Fsp3) is 0.333. The summed E-state index contributed by atoms with van der Waals surface area (Å²) in [5, 5.41) is 36.1. The predicted octanol–water partition coefficient (Wildman–Crippen LogP) is 2.88. The first-order chi connectivity index (χ1) is 13.8. The largest absolute Gasteiger partial charge is 0.365 e. The van der Waals surface area contributed by atoms with E-state index in [4.69, 9.17) is 0 Å². The van der Waals surface area contributed by atoms with Gasteiger partial charge in [0, 0.05) is 30.2 Å². The molecule has 1 aromatic carbocycles. The molecule has 8 heteroatoms. The number of pyridine rings is 1. The summed E-state index contributed by atoms with van der Waals surface area (Å²) >= 11 is 4.47. The van der Waals surface area contributed by atoms with Crippen LogP contribution in [0.15, 0.2) is 59.4 Å². The molecule has 1 aliphatic heterocycles. The van der Waals surface area contributed by atoms with Crippen molar-refractivity contribution in [3.8, 4) is 6.07 Å². The maximum Gasteiger partial charge on any atom is 0.269 e. The molecule has 2 N–H and O–H groups in total. The van der Waals surface area contributed by atoms with Gasteiger partial charge in [0.1, 0.15) is 0 Å². The molecule has 7 nitrogen and oxygen atoms in total. The van der Waals surface area contributed by atoms with E-state index in [9.17, 15) is 20.5 Å². The van der Waals surface area contributed by atoms with Gasteiger partial charge in [0.05, 0.1) is 27.5 Å². The zero-order valence-electron chi connectivity index (χ0n) is 15.8. The van der Waals surface area contributed by atoms with Crippen LogP contribution in [0.4, 0.5) is 5.69 Å². The van der Waals surface area contributed by atoms with Gasteiger partial charge in [-0.3, -0.25) is 10.1 Å². The number of aryl methyl sites for hydroxylation is 1. The number of nitro benzene ring substituents is 1. The maximum atomic E-state index is 11.7. The number of nitriles is 1. The summed E-state index contributed by atoms with van der Waals surface area (Å²) in [6, 6.07) is 11.8. The van der Waals surface area contributed by atoms with Crippen molar-refractivity contribution in [3.05, 3.63) is 80.6 Å². The van der Waals surface area contributed by atoms with Crippen molar-refractivity contribution < 1.29 is 14.6 Å². The van der Waals surface area contributed by atoms with Crippen molar-refractivity contribution >= 4 is 18.3 Å². The lowest BCUT2D eigenvalue weighted by Crippen LogP contribution is -2.65. The molecule has 29 heavy (non-hydrogen) atoms. The quantitative estimate of drug-likeness (QED) is 0.312. The number of thiol groups is 1. The minimum absolute atomic E-state index is 0.0201. The third-order valence-corrected chi connectivity index (χ3v) is 6.13. The molecule has 0 bridgehead atoms. The minimum atomic E-state index is -1.29. The summed E-state index contributed by atoms with van der Waals surface area (Å²) in [4.78, 5) is 10.6. The van der Waals surface area contributed by atoms with E-state index in [1.54, 1.807) is 12.1 Å². The number of rotatable bonds is 4. The van der Waals surface area contributed by atoms with Gasteiger partial charge in [-0.15, -0.1) is 12.6 Å². The highest BCUT2D eigenvalue weighted by molar-refractivity contribution is 7.84. The van der Waals surface area contributed by atoms with E-state index in [2.05, 4.69) is 24.0 Å². The second-order valence-electron chi connectivity index (χ2n) is 7.69. The molecular weight excluding hydrogens is 388 g/mol. The topological polar surface area (TPSA) is 103 Å². The van der Waals surface area contributed by atoms with Crippen LogP contribution in [0.25, 0.3) is 0 Å². The average molecular weight is 409 g/mol. The first-order valence-electron chi connectivity index (χ1n) is 9.40. The Morgan fingerprint density at radius 1 is 1.28 bits per heavy atom. The van der Waals surface area contributed by atoms with Crippen molar-refractivity contribution in [1.29, 1.82) is 5.26 Å². The molecule has 2 heterocycles. The Morgan fingerprint density at radius 3 is 2.41 bits per heavy atom. The molecule has 4 rings (SSSR count). The number of non-ortho nitro benzene ring substituents is 1. The van der Waals surface area contributed by atoms with Gasteiger partial charge in [-0.2, -0.15) is 9.83 Å². The van der Waals surface area contributed by atoms with Crippen LogP contribution in [0.3, 0.4) is 0 Å². The Kier molecular flexibility index (Phi) is 4.81. The second-order valence-corrected chi connectivity index (χ2v) is 8.14. The lowest BCUT2D eigenvalue weighted by molar-refractivity contribution is -0.742. The van der Waals surface area contributed by atoms with Crippen LogP contribution in [-0.2, 0) is 0 Å². The molecule has 1 aromatic heterocycles. The predicted molar refractivity (Wildman–Crippen MR) is 109 cm³/mol. The van der Waals surface area contributed by atoms with E-state index in [-0.39, 0.29) is 11.6 Å². The first kappa shape index (κ1) is 19.4. The van der Waals surface area contributed by atoms with Gasteiger partial charge >= 0.3 is 0 Å². The lowest BCUT2D eigenvalue weighted by Gasteiger charge is -2.42. The van der Waals surface area contributed by atoms with Crippen LogP contribution in [0.5, 0.6) is 0 Å². The number of aliphatic hydroxyl groups is 1. The van der Waals surface area contributed by atoms with Crippen molar-refractivity contribution in [2.75, 3.05) is 0 Å². The molecule has 1 saturated carbocycles. The van der Waals surface area contributed by atoms with E-state index < -0.39 is 22.6 Å². The highest BCUT2D eigenvalue weighted by Gasteiger charge is 2.60. The Bertz CT molecular complexity index is 1030. The standard InChI is InChI=1S/C21H20N4O3S/c1-13-8-10-24(11-9-13)19-18(14-2-6-16(7-3-14)25(27)28)17(12-22)20(29)23-21(19,26)15-4-5-15/h2-3,6-11,15,18-19,23,26H,4-5H2,1H3/p+1/t18-,19+,21-/m1/s1. The first-order valence-corrected chi connectivity index (χ1v) is 9.85. The van der Waals surface area contributed by atoms with Crippen molar-refractivity contribution in [3.63, 3.8) is 0 Å². The molecular formula is C21H21N4O3S+. The number of aromatic nitrogens is 1. The molecule has 3 atom stereocenters. The summed E-state index contributed by atoms with van der Waals surface area (Å²) in [5.74, 6) is -0.475. The molecule has 1 aliphatic carbocycles. The van der Waals surface area contributed by atoms with Gasteiger partial charge in [-0.05, 0) is 30.9 Å². The number of nitro groups is 1. The van der Waals surface area contributed by atoms with Gasteiger partial charge in [0.2, 0.25) is 11.8 Å². The summed E-state index contributed by atoms with van der Waals surface area (Å²) < 4.78 is 1.92. The zero-order chi connectivity index (χ0) is 20.8. The van der Waals surface area contributed by atoms with Crippen LogP contribution in [0, 0.1) is 34.3 Å². The third-order valence-electron chi connectivity index (χ3n) is 5.77. The van der Waals surface area contributed by atoms with Gasteiger partial charge in [0.15, 0.2) is 12.4 Å². The Hall–Kier alpha value is -2.89. The Morgan fingerprint density at radius 2 is 1.90 bits per heavy atom. The van der Waals surface area contributed by atoms with E-state index in [1.165, 1.54) is 12.1 Å². The number of hydrogen-bond donors (Lipinski definition) is 3. The van der Waals surface area contributed by atoms with E-state index >= 15 is 0 Å². The van der Waals surface area contributed by atoms with Crippen molar-refractivity contribution in [1.82, 2.24) is 5.32 Å². The minimum Gasteiger partial charge on any atom is -0.365 e. The fourth-order valence-corrected chi connectivity index (χ4v) is 4.50. The van der Waals surface area contributed by atoms with Gasteiger partial charge in [-0.25, -0.2) is 0 Å². The third kappa shape index (κ3) is 3.37. The van der Waals surface area contributed by atoms with E-state index in [0.29, 0.717) is 10.6 Å². The smallest absolute Gasteiger partial charge is 0.269 e. The maximum absolute atomic E-state index is 11.7. The highest BCUT2D eigenvalue weighted by Crippen LogP contribution is 2.52. The number of nitrogens with one attached hydrogen (secondary N) is 1. The number of nitrogens with zero attached hydrogens (tertiary/aromatic N) is 3. The van der Waals surface area contributed by atoms with Crippen LogP contribution in [0.1, 0.15) is 35.9 Å². The Labute approximate surface area is 173 Å². The van der Waals surface area contributed by atoms with Crippen LogP contribution in [-0.4, -0.2) is 15.8 Å². The van der Waals surface area contributed by atoms with Crippen LogP contribution in [0.2, 0.25) is 0 Å². The molecule has 1 fully saturated rings. The number of allylic oxidation sites excluding steroid dienone is 1. The summed E-state index contributed by atoms with van der Waals surface area (Å²) in [6.45, 7) is 1.98. The molecule has 0 unspecified atom stereocenters. The second kappa shape index (κ2) is 7.17. The average Bonchev–Trinajstić information content (AvgIpc) is 3.54. The summed E-state index contributed by atoms with van der Waals surface area (Å²) in [6.07, 6.45) is 5.54. The van der Waals surface area contributed by atoms with Gasteiger partial charge < -0.3 is 10.4 Å². The molecule has 0 amide bonds. The van der Waals surface area contributed by atoms with Crippen molar-refractivity contribution in [2.45, 2.75) is 37.5 Å². The molecule has 2 aliphatic rings. The van der Waals surface area contributed by atoms with Crippen LogP contribution >= 0.6 is 12.6 Å². The summed E-state index contributed by atoms with van der Waals surface area (Å²) in [7, 11) is 0. The molecule has 0 saturated heterocycles. The number of hydrogen-bond acceptors (Lipinski definition) is 6. The van der Waals surface area contributed by atoms with E-state index in [0.717, 1.165) is 24.0 Å². The summed E-state index contributed by atoms with van der Waals surface area (Å²) in [5.41, 5.74) is 0.887. The SMILES string of the molecule is Cc1cc[n+]([C@H]2[C@H](c3ccc([N+](=O)[O-])cc3)C(C#N)=C(S)N[C@@]2(O)C2CC2)cc1. The molecule has 0 radical (unpaired) electrons. The zero-order valence-corrected chi connectivity index (χ0v) is 16.7. The van der Waals surface area contributed by atoms with E-state index in [1.807, 2.05) is 36.0 Å². The molecule has 0 spiro atoms. The molecule has 2 aromatic rings. The fourth-order valence-electron chi connectivity index (χ4n) is 4.13. The normalized spacial score (nSPS) is 26.6. The van der Waals surface area contributed by atoms with Gasteiger partial charge in [-0.1, -0.05) is 12.1 Å². The van der Waals surface area contributed by atoms with Crippen molar-refractivity contribution in [2.24, 2.45) is 5.92 Å².